The van der Waals surface area contributed by atoms with Crippen LogP contribution in [0.4, 0.5) is 0 Å². The summed E-state index contributed by atoms with van der Waals surface area (Å²) in [4.78, 5) is 24.7. The van der Waals surface area contributed by atoms with E-state index >= 15 is 0 Å². The Morgan fingerprint density at radius 3 is 2.18 bits per heavy atom. The van der Waals surface area contributed by atoms with Crippen molar-refractivity contribution in [2.45, 2.75) is 26.7 Å². The molecule has 0 radical (unpaired) electrons. The van der Waals surface area contributed by atoms with E-state index in [9.17, 15) is 9.59 Å². The Morgan fingerprint density at radius 2 is 1.65 bits per heavy atom. The van der Waals surface area contributed by atoms with Gasteiger partial charge in [0.25, 0.3) is 0 Å². The van der Waals surface area contributed by atoms with Gasteiger partial charge in [0.05, 0.1) is 0 Å². The summed E-state index contributed by atoms with van der Waals surface area (Å²) in [6.07, 6.45) is 8.11. The van der Waals surface area contributed by atoms with Crippen molar-refractivity contribution in [2.75, 3.05) is 0 Å². The summed E-state index contributed by atoms with van der Waals surface area (Å²) in [5, 5.41) is 0. The molecule has 0 aromatic heterocycles. The fourth-order valence-corrected chi connectivity index (χ4v) is 3.70. The number of hydrogen-bond acceptors (Lipinski definition) is 2. The molecule has 4 aliphatic carbocycles. The molecule has 4 aliphatic rings. The molecule has 2 bridgehead atoms. The lowest BCUT2D eigenvalue weighted by atomic mass is 9.56. The number of carbonyl (C=O) groups is 2. The molecule has 0 aliphatic heterocycles. The van der Waals surface area contributed by atoms with Crippen molar-refractivity contribution in [3.05, 3.63) is 23.8 Å². The van der Waals surface area contributed by atoms with Gasteiger partial charge in [0.2, 0.25) is 0 Å². The average Bonchev–Trinajstić information content (AvgIpc) is 2.34. The van der Waals surface area contributed by atoms with Crippen LogP contribution < -0.4 is 0 Å². The third kappa shape index (κ3) is 1.46. The zero-order valence-electron chi connectivity index (χ0n) is 10.3. The minimum Gasteiger partial charge on any atom is -0.294 e. The number of rotatable bonds is 1. The molecule has 1 fully saturated rings. The van der Waals surface area contributed by atoms with Crippen LogP contribution >= 0.6 is 0 Å². The fourth-order valence-electron chi connectivity index (χ4n) is 3.70. The summed E-state index contributed by atoms with van der Waals surface area (Å²) < 4.78 is 0. The van der Waals surface area contributed by atoms with Crippen molar-refractivity contribution < 1.29 is 9.59 Å². The van der Waals surface area contributed by atoms with Gasteiger partial charge in [-0.3, -0.25) is 9.59 Å². The van der Waals surface area contributed by atoms with E-state index < -0.39 is 0 Å². The van der Waals surface area contributed by atoms with Gasteiger partial charge in [-0.2, -0.15) is 0 Å². The maximum atomic E-state index is 12.5. The molecule has 2 heteroatoms. The highest BCUT2D eigenvalue weighted by Gasteiger charge is 2.50. The number of allylic oxidation sites excluding steroid dienone is 4. The van der Waals surface area contributed by atoms with Gasteiger partial charge in [0.15, 0.2) is 11.6 Å². The fraction of sp³-hybridized carbons (Fsp3) is 0.600. The zero-order valence-corrected chi connectivity index (χ0v) is 10.3. The molecule has 0 unspecified atom stereocenters. The highest BCUT2D eigenvalue weighted by molar-refractivity contribution is 6.11. The molecular weight excluding hydrogens is 212 g/mol. The van der Waals surface area contributed by atoms with Gasteiger partial charge in [0.1, 0.15) is 0 Å². The van der Waals surface area contributed by atoms with E-state index in [4.69, 9.17) is 0 Å². The lowest BCUT2D eigenvalue weighted by molar-refractivity contribution is -0.135. The van der Waals surface area contributed by atoms with Gasteiger partial charge in [-0.15, -0.1) is 0 Å². The van der Waals surface area contributed by atoms with Crippen molar-refractivity contribution in [2.24, 2.45) is 29.6 Å². The second-order valence-corrected chi connectivity index (χ2v) is 5.86. The molecule has 90 valence electrons. The van der Waals surface area contributed by atoms with Crippen molar-refractivity contribution in [1.82, 2.24) is 0 Å². The maximum absolute atomic E-state index is 12.5. The predicted octanol–water partition coefficient (Wildman–Crippen LogP) is 2.55. The molecule has 4 rings (SSSR count). The number of Topliss-reactive ketones (excluding diaryl/α,β-unsaturated/α-hetero) is 1. The van der Waals surface area contributed by atoms with E-state index in [0.29, 0.717) is 11.8 Å². The average molecular weight is 230 g/mol. The van der Waals surface area contributed by atoms with Crippen molar-refractivity contribution >= 4 is 11.6 Å². The van der Waals surface area contributed by atoms with Crippen LogP contribution in [0.2, 0.25) is 0 Å². The Labute approximate surface area is 102 Å². The Bertz CT molecular complexity index is 442. The van der Waals surface area contributed by atoms with Gasteiger partial charge in [0, 0.05) is 17.4 Å². The Morgan fingerprint density at radius 1 is 1.06 bits per heavy atom. The summed E-state index contributed by atoms with van der Waals surface area (Å²) in [7, 11) is 0. The third-order valence-electron chi connectivity index (χ3n) is 4.58. The van der Waals surface area contributed by atoms with Gasteiger partial charge in [-0.1, -0.05) is 26.0 Å². The first-order chi connectivity index (χ1) is 8.09. The molecule has 0 N–H and O–H groups in total. The van der Waals surface area contributed by atoms with Crippen LogP contribution in [0.3, 0.4) is 0 Å². The van der Waals surface area contributed by atoms with E-state index in [1.165, 1.54) is 0 Å². The SMILES string of the molecule is CC(C)C1=CC(=O)[C@@H]2[C@H](C1=O)[C@H]1C=C[C@@H]2CC1. The lowest BCUT2D eigenvalue weighted by Gasteiger charge is -2.45. The topological polar surface area (TPSA) is 34.1 Å². The molecule has 0 amide bonds. The first-order valence-electron chi connectivity index (χ1n) is 6.57. The Hall–Kier alpha value is -1.18. The smallest absolute Gasteiger partial charge is 0.163 e. The van der Waals surface area contributed by atoms with Crippen LogP contribution in [0.1, 0.15) is 26.7 Å². The van der Waals surface area contributed by atoms with Crippen LogP contribution in [0, 0.1) is 29.6 Å². The van der Waals surface area contributed by atoms with E-state index in [0.717, 1.165) is 18.4 Å². The van der Waals surface area contributed by atoms with Crippen molar-refractivity contribution in [1.29, 1.82) is 0 Å². The summed E-state index contributed by atoms with van der Waals surface area (Å²) in [5.74, 6) is 1.12. The first-order valence-corrected chi connectivity index (χ1v) is 6.57. The molecular formula is C15H18O2. The molecule has 0 heterocycles. The number of carbonyl (C=O) groups excluding carboxylic acids is 2. The van der Waals surface area contributed by atoms with Crippen molar-refractivity contribution in [3.63, 3.8) is 0 Å². The lowest BCUT2D eigenvalue weighted by Crippen LogP contribution is -2.48. The number of fused-ring (bicyclic) bond motifs is 1. The summed E-state index contributed by atoms with van der Waals surface area (Å²) >= 11 is 0. The first kappa shape index (κ1) is 10.9. The molecule has 4 atom stereocenters. The highest BCUT2D eigenvalue weighted by Crippen LogP contribution is 2.48. The van der Waals surface area contributed by atoms with Gasteiger partial charge in [-0.05, 0) is 36.7 Å². The molecule has 1 saturated carbocycles. The van der Waals surface area contributed by atoms with Crippen LogP contribution in [0.5, 0.6) is 0 Å². The van der Waals surface area contributed by atoms with E-state index in [1.807, 2.05) is 13.8 Å². The summed E-state index contributed by atoms with van der Waals surface area (Å²) in [6, 6.07) is 0. The second-order valence-electron chi connectivity index (χ2n) is 5.86. The molecule has 0 spiro atoms. The quantitative estimate of drug-likeness (QED) is 0.649. The van der Waals surface area contributed by atoms with E-state index in [1.54, 1.807) is 6.08 Å². The predicted molar refractivity (Wildman–Crippen MR) is 65.3 cm³/mol. The second kappa shape index (κ2) is 3.66. The van der Waals surface area contributed by atoms with Gasteiger partial charge >= 0.3 is 0 Å². The summed E-state index contributed by atoms with van der Waals surface area (Å²) in [6.45, 7) is 3.99. The van der Waals surface area contributed by atoms with Crippen molar-refractivity contribution in [3.8, 4) is 0 Å². The third-order valence-corrected chi connectivity index (χ3v) is 4.58. The number of ketones is 2. The molecule has 17 heavy (non-hydrogen) atoms. The largest absolute Gasteiger partial charge is 0.294 e. The van der Waals surface area contributed by atoms with Crippen LogP contribution in [-0.2, 0) is 9.59 Å². The molecule has 2 nitrogen and oxygen atoms in total. The van der Waals surface area contributed by atoms with E-state index in [-0.39, 0.29) is 29.3 Å². The highest BCUT2D eigenvalue weighted by atomic mass is 16.1. The molecule has 0 aromatic rings. The minimum absolute atomic E-state index is 0.0475. The monoisotopic (exact) mass is 230 g/mol. The van der Waals surface area contributed by atoms with Gasteiger partial charge < -0.3 is 0 Å². The molecule has 0 aromatic carbocycles. The van der Waals surface area contributed by atoms with Crippen LogP contribution in [-0.4, -0.2) is 11.6 Å². The van der Waals surface area contributed by atoms with E-state index in [2.05, 4.69) is 12.2 Å². The Balaban J connectivity index is 2.05. The number of hydrogen-bond donors (Lipinski definition) is 0. The normalized spacial score (nSPS) is 39.6. The summed E-state index contributed by atoms with van der Waals surface area (Å²) in [5.41, 5.74) is 0.747. The Kier molecular flexibility index (Phi) is 2.35. The maximum Gasteiger partial charge on any atom is 0.163 e. The standard InChI is InChI=1S/C15H18O2/c1-8(2)11-7-12(16)13-9-3-5-10(6-4-9)14(13)15(11)17/h3,5,7-10,13-14H,4,6H2,1-2H3/t9-,10+,13-,14-/m1/s1. The van der Waals surface area contributed by atoms with Crippen LogP contribution in [0.15, 0.2) is 23.8 Å². The van der Waals surface area contributed by atoms with Crippen LogP contribution in [0.25, 0.3) is 0 Å². The zero-order chi connectivity index (χ0) is 12.2. The molecule has 0 saturated heterocycles. The van der Waals surface area contributed by atoms with Gasteiger partial charge in [-0.25, -0.2) is 0 Å². The minimum atomic E-state index is -0.0475.